The summed E-state index contributed by atoms with van der Waals surface area (Å²) >= 11 is 4.50. The van der Waals surface area contributed by atoms with E-state index in [0.717, 1.165) is 10.8 Å². The van der Waals surface area contributed by atoms with Crippen LogP contribution in [0.4, 0.5) is 5.82 Å². The number of hydrogen-bond donors (Lipinski definition) is 0. The molecule has 1 heterocycles. The Kier molecular flexibility index (Phi) is 2.13. The Hall–Kier alpha value is -1.57. The van der Waals surface area contributed by atoms with E-state index in [1.807, 2.05) is 30.3 Å². The van der Waals surface area contributed by atoms with Gasteiger partial charge in [0.15, 0.2) is 5.82 Å². The molecular formula is C10H6N2S. The van der Waals surface area contributed by atoms with Crippen molar-refractivity contribution in [3.8, 4) is 0 Å². The second-order valence-corrected chi connectivity index (χ2v) is 2.78. The molecule has 0 atom stereocenters. The molecule has 1 aromatic heterocycles. The summed E-state index contributed by atoms with van der Waals surface area (Å²) in [5.74, 6) is 0.605. The first-order valence-corrected chi connectivity index (χ1v) is 4.23. The van der Waals surface area contributed by atoms with Gasteiger partial charge in [-0.1, -0.05) is 24.3 Å². The highest BCUT2D eigenvalue weighted by molar-refractivity contribution is 7.78. The first-order chi connectivity index (χ1) is 6.40. The lowest BCUT2D eigenvalue weighted by Gasteiger charge is -1.95. The van der Waals surface area contributed by atoms with Gasteiger partial charge in [0.25, 0.3) is 0 Å². The van der Waals surface area contributed by atoms with Gasteiger partial charge in [-0.05, 0) is 23.7 Å². The fourth-order valence-electron chi connectivity index (χ4n) is 1.18. The summed E-state index contributed by atoms with van der Waals surface area (Å²) in [6.07, 6.45) is 1.78. The van der Waals surface area contributed by atoms with Crippen LogP contribution in [-0.4, -0.2) is 10.1 Å². The Labute approximate surface area is 81.0 Å². The van der Waals surface area contributed by atoms with Crippen LogP contribution in [-0.2, 0) is 0 Å². The van der Waals surface area contributed by atoms with E-state index in [2.05, 4.69) is 27.4 Å². The van der Waals surface area contributed by atoms with Crippen molar-refractivity contribution in [1.29, 1.82) is 0 Å². The van der Waals surface area contributed by atoms with Crippen molar-refractivity contribution < 1.29 is 0 Å². The van der Waals surface area contributed by atoms with Crippen molar-refractivity contribution in [2.45, 2.75) is 0 Å². The minimum Gasteiger partial charge on any atom is -0.236 e. The molecule has 0 aliphatic carbocycles. The summed E-state index contributed by atoms with van der Waals surface area (Å²) in [5.41, 5.74) is 0. The number of pyridine rings is 1. The largest absolute Gasteiger partial charge is 0.236 e. The second kappa shape index (κ2) is 3.44. The van der Waals surface area contributed by atoms with Crippen molar-refractivity contribution >= 4 is 34.0 Å². The summed E-state index contributed by atoms with van der Waals surface area (Å²) < 4.78 is 0. The Balaban J connectivity index is 2.68. The molecule has 0 spiro atoms. The van der Waals surface area contributed by atoms with Gasteiger partial charge >= 0.3 is 0 Å². The maximum atomic E-state index is 4.50. The molecule has 0 unspecified atom stereocenters. The van der Waals surface area contributed by atoms with E-state index in [9.17, 15) is 0 Å². The summed E-state index contributed by atoms with van der Waals surface area (Å²) in [6, 6.07) is 9.86. The molecule has 0 fully saturated rings. The van der Waals surface area contributed by atoms with E-state index in [-0.39, 0.29) is 0 Å². The van der Waals surface area contributed by atoms with Gasteiger partial charge in [0.05, 0.1) is 5.16 Å². The highest BCUT2D eigenvalue weighted by Gasteiger charge is 1.93. The number of nitrogens with zero attached hydrogens (tertiary/aromatic N) is 2. The zero-order valence-electron chi connectivity index (χ0n) is 6.77. The number of thiocarbonyl (C=S) groups is 1. The number of rotatable bonds is 1. The quantitative estimate of drug-likeness (QED) is 0.505. The summed E-state index contributed by atoms with van der Waals surface area (Å²) in [7, 11) is 0. The van der Waals surface area contributed by atoms with Crippen molar-refractivity contribution in [3.05, 3.63) is 36.5 Å². The number of aliphatic imine (C=N–C) groups is 1. The van der Waals surface area contributed by atoms with Gasteiger partial charge < -0.3 is 0 Å². The zero-order valence-corrected chi connectivity index (χ0v) is 7.58. The molecule has 0 radical (unpaired) electrons. The van der Waals surface area contributed by atoms with Crippen LogP contribution in [0, 0.1) is 0 Å². The molecule has 0 aliphatic heterocycles. The van der Waals surface area contributed by atoms with Crippen LogP contribution in [0.1, 0.15) is 0 Å². The van der Waals surface area contributed by atoms with Crippen molar-refractivity contribution in [2.75, 3.05) is 0 Å². The summed E-state index contributed by atoms with van der Waals surface area (Å²) in [4.78, 5) is 7.91. The average molecular weight is 186 g/mol. The third-order valence-corrected chi connectivity index (χ3v) is 1.87. The Bertz CT molecular complexity index is 487. The molecular weight excluding hydrogens is 180 g/mol. The van der Waals surface area contributed by atoms with Crippen molar-refractivity contribution in [3.63, 3.8) is 0 Å². The van der Waals surface area contributed by atoms with Gasteiger partial charge in [-0.25, -0.2) is 4.98 Å². The molecule has 0 saturated carbocycles. The molecule has 1 aromatic carbocycles. The molecule has 0 saturated heterocycles. The van der Waals surface area contributed by atoms with E-state index in [1.54, 1.807) is 6.20 Å². The van der Waals surface area contributed by atoms with E-state index < -0.39 is 0 Å². The van der Waals surface area contributed by atoms with Gasteiger partial charge in [-0.15, -0.1) is 0 Å². The van der Waals surface area contributed by atoms with Crippen LogP contribution in [0.5, 0.6) is 0 Å². The standard InChI is InChI=1S/C10H6N2S/c13-7-12-10-5-8-3-1-2-4-9(8)6-11-10/h1-6H. The van der Waals surface area contributed by atoms with Gasteiger partial charge in [0.1, 0.15) is 0 Å². The predicted octanol–water partition coefficient (Wildman–Crippen LogP) is 2.97. The first kappa shape index (κ1) is 8.05. The van der Waals surface area contributed by atoms with Gasteiger partial charge in [0, 0.05) is 11.6 Å². The third kappa shape index (κ3) is 1.61. The molecule has 0 N–H and O–H groups in total. The summed E-state index contributed by atoms with van der Waals surface area (Å²) in [5, 5.41) is 4.51. The van der Waals surface area contributed by atoms with Crippen molar-refractivity contribution in [2.24, 2.45) is 4.99 Å². The molecule has 0 amide bonds. The lowest BCUT2D eigenvalue weighted by Crippen LogP contribution is -1.75. The summed E-state index contributed by atoms with van der Waals surface area (Å²) in [6.45, 7) is 0. The number of hydrogen-bond acceptors (Lipinski definition) is 3. The highest BCUT2D eigenvalue weighted by Crippen LogP contribution is 2.17. The van der Waals surface area contributed by atoms with E-state index in [1.165, 1.54) is 0 Å². The molecule has 2 nitrogen and oxygen atoms in total. The molecule has 0 bridgehead atoms. The van der Waals surface area contributed by atoms with E-state index in [4.69, 9.17) is 0 Å². The smallest absolute Gasteiger partial charge is 0.163 e. The van der Waals surface area contributed by atoms with Gasteiger partial charge in [0.2, 0.25) is 0 Å². The minimum atomic E-state index is 0.605. The fraction of sp³-hybridized carbons (Fsp3) is 0. The molecule has 0 aliphatic rings. The Morgan fingerprint density at radius 2 is 2.00 bits per heavy atom. The molecule has 2 rings (SSSR count). The van der Waals surface area contributed by atoms with E-state index >= 15 is 0 Å². The Morgan fingerprint density at radius 1 is 1.23 bits per heavy atom. The lowest BCUT2D eigenvalue weighted by molar-refractivity contribution is 1.31. The average Bonchev–Trinajstić information content (AvgIpc) is 2.18. The van der Waals surface area contributed by atoms with Crippen LogP contribution < -0.4 is 0 Å². The van der Waals surface area contributed by atoms with Crippen LogP contribution in [0.2, 0.25) is 0 Å². The molecule has 2 aromatic rings. The first-order valence-electron chi connectivity index (χ1n) is 3.83. The number of isothiocyanates is 1. The maximum absolute atomic E-state index is 4.50. The van der Waals surface area contributed by atoms with Crippen LogP contribution in [0.25, 0.3) is 10.8 Å². The zero-order chi connectivity index (χ0) is 9.10. The number of benzene rings is 1. The van der Waals surface area contributed by atoms with Crippen molar-refractivity contribution in [1.82, 2.24) is 4.98 Å². The van der Waals surface area contributed by atoms with Gasteiger partial charge in [-0.2, -0.15) is 4.99 Å². The number of aromatic nitrogens is 1. The monoisotopic (exact) mass is 186 g/mol. The predicted molar refractivity (Wildman–Crippen MR) is 56.4 cm³/mol. The topological polar surface area (TPSA) is 25.2 Å². The minimum absolute atomic E-state index is 0.605. The maximum Gasteiger partial charge on any atom is 0.163 e. The van der Waals surface area contributed by atoms with Crippen LogP contribution >= 0.6 is 12.2 Å². The second-order valence-electron chi connectivity index (χ2n) is 2.59. The molecule has 62 valence electrons. The van der Waals surface area contributed by atoms with Crippen LogP contribution in [0.15, 0.2) is 41.5 Å². The van der Waals surface area contributed by atoms with Gasteiger partial charge in [-0.3, -0.25) is 0 Å². The molecule has 3 heteroatoms. The van der Waals surface area contributed by atoms with Crippen LogP contribution in [0.3, 0.4) is 0 Å². The molecule has 13 heavy (non-hydrogen) atoms. The SMILES string of the molecule is S=C=Nc1cc2ccccc2cn1. The third-order valence-electron chi connectivity index (χ3n) is 1.78. The number of fused-ring (bicyclic) bond motifs is 1. The highest BCUT2D eigenvalue weighted by atomic mass is 32.1. The lowest BCUT2D eigenvalue weighted by atomic mass is 10.2. The van der Waals surface area contributed by atoms with E-state index in [0.29, 0.717) is 5.82 Å². The Morgan fingerprint density at radius 3 is 2.77 bits per heavy atom. The fourth-order valence-corrected chi connectivity index (χ4v) is 1.27. The normalized spacial score (nSPS) is 9.54.